The molecule has 0 atom stereocenters. The predicted octanol–water partition coefficient (Wildman–Crippen LogP) is 5.79. The second-order valence-electron chi connectivity index (χ2n) is 6.66. The highest BCUT2D eigenvalue weighted by Gasteiger charge is 2.03. The Morgan fingerprint density at radius 3 is 1.35 bits per heavy atom. The largest absolute Gasteiger partial charge is 0.0617 e. The lowest BCUT2D eigenvalue weighted by molar-refractivity contribution is 1.12. The van der Waals surface area contributed by atoms with E-state index in [0.29, 0.717) is 0 Å². The van der Waals surface area contributed by atoms with E-state index in [9.17, 15) is 0 Å². The minimum absolute atomic E-state index is 1.00. The lowest BCUT2D eigenvalue weighted by Crippen LogP contribution is -1.95. The van der Waals surface area contributed by atoms with Gasteiger partial charge >= 0.3 is 0 Å². The van der Waals surface area contributed by atoms with Gasteiger partial charge in [0, 0.05) is 0 Å². The Labute approximate surface area is 139 Å². The molecule has 0 N–H and O–H groups in total. The lowest BCUT2D eigenvalue weighted by atomic mass is 9.96. The van der Waals surface area contributed by atoms with Crippen molar-refractivity contribution in [3.63, 3.8) is 0 Å². The summed E-state index contributed by atoms with van der Waals surface area (Å²) in [6, 6.07) is 24.6. The van der Waals surface area contributed by atoms with Gasteiger partial charge in [-0.25, -0.2) is 0 Å². The van der Waals surface area contributed by atoms with Gasteiger partial charge in [-0.15, -0.1) is 0 Å². The SMILES string of the molecule is Cc1cccc(Cc2cc(C)cc(Cc3cccc(C)c3)c2)c1. The molecular weight excluding hydrogens is 276 g/mol. The van der Waals surface area contributed by atoms with Crippen molar-refractivity contribution in [2.75, 3.05) is 0 Å². The van der Waals surface area contributed by atoms with E-state index < -0.39 is 0 Å². The van der Waals surface area contributed by atoms with Crippen molar-refractivity contribution in [3.8, 4) is 0 Å². The molecule has 116 valence electrons. The molecule has 0 heteroatoms. The fourth-order valence-corrected chi connectivity index (χ4v) is 3.27. The standard InChI is InChI=1S/C23H24/c1-17-6-4-8-20(10-17)14-22-12-19(3)13-23(16-22)15-21-9-5-7-18(2)11-21/h4-13,16H,14-15H2,1-3H3. The second kappa shape index (κ2) is 6.83. The number of benzene rings is 3. The number of rotatable bonds is 4. The van der Waals surface area contributed by atoms with E-state index in [-0.39, 0.29) is 0 Å². The Hall–Kier alpha value is -2.34. The van der Waals surface area contributed by atoms with Gasteiger partial charge < -0.3 is 0 Å². The van der Waals surface area contributed by atoms with E-state index in [0.717, 1.165) is 12.8 Å². The van der Waals surface area contributed by atoms with Crippen LogP contribution < -0.4 is 0 Å². The highest BCUT2D eigenvalue weighted by molar-refractivity contribution is 5.37. The average molecular weight is 300 g/mol. The van der Waals surface area contributed by atoms with Crippen molar-refractivity contribution < 1.29 is 0 Å². The zero-order valence-electron chi connectivity index (χ0n) is 14.3. The molecule has 3 aromatic carbocycles. The molecule has 0 bridgehead atoms. The van der Waals surface area contributed by atoms with Crippen molar-refractivity contribution in [2.24, 2.45) is 0 Å². The molecule has 0 spiro atoms. The topological polar surface area (TPSA) is 0 Å². The van der Waals surface area contributed by atoms with Crippen molar-refractivity contribution in [2.45, 2.75) is 33.6 Å². The fraction of sp³-hybridized carbons (Fsp3) is 0.217. The smallest absolute Gasteiger partial charge is 0.00255 e. The molecule has 3 rings (SSSR count). The maximum absolute atomic E-state index is 2.36. The van der Waals surface area contributed by atoms with Crippen LogP contribution in [0.2, 0.25) is 0 Å². The maximum atomic E-state index is 2.36. The Bertz CT molecular complexity index is 746. The van der Waals surface area contributed by atoms with Crippen LogP contribution in [0.15, 0.2) is 66.7 Å². The highest BCUT2D eigenvalue weighted by Crippen LogP contribution is 2.18. The zero-order chi connectivity index (χ0) is 16.2. The Morgan fingerprint density at radius 2 is 0.913 bits per heavy atom. The van der Waals surface area contributed by atoms with Crippen LogP contribution in [0.3, 0.4) is 0 Å². The van der Waals surface area contributed by atoms with Crippen molar-refractivity contribution in [1.82, 2.24) is 0 Å². The van der Waals surface area contributed by atoms with Gasteiger partial charge in [0.25, 0.3) is 0 Å². The molecule has 0 aliphatic rings. The van der Waals surface area contributed by atoms with E-state index in [1.165, 1.54) is 38.9 Å². The van der Waals surface area contributed by atoms with Crippen molar-refractivity contribution in [1.29, 1.82) is 0 Å². The highest BCUT2D eigenvalue weighted by atomic mass is 14.1. The van der Waals surface area contributed by atoms with Gasteiger partial charge in [0.1, 0.15) is 0 Å². The van der Waals surface area contributed by atoms with E-state index in [2.05, 4.69) is 87.5 Å². The summed E-state index contributed by atoms with van der Waals surface area (Å²) in [6.07, 6.45) is 2.01. The lowest BCUT2D eigenvalue weighted by Gasteiger charge is -2.09. The fourth-order valence-electron chi connectivity index (χ4n) is 3.27. The van der Waals surface area contributed by atoms with Crippen LogP contribution in [-0.2, 0) is 12.8 Å². The molecule has 3 aromatic rings. The summed E-state index contributed by atoms with van der Waals surface area (Å²) in [5.41, 5.74) is 9.58. The molecule has 0 nitrogen and oxygen atoms in total. The van der Waals surface area contributed by atoms with Crippen molar-refractivity contribution in [3.05, 3.63) is 106 Å². The quantitative estimate of drug-likeness (QED) is 0.572. The first kappa shape index (κ1) is 15.6. The first-order valence-electron chi connectivity index (χ1n) is 8.29. The number of hydrogen-bond donors (Lipinski definition) is 0. The van der Waals surface area contributed by atoms with Crippen LogP contribution in [0.25, 0.3) is 0 Å². The van der Waals surface area contributed by atoms with Gasteiger partial charge in [-0.1, -0.05) is 83.4 Å². The monoisotopic (exact) mass is 300 g/mol. The average Bonchev–Trinajstić information content (AvgIpc) is 2.46. The van der Waals surface area contributed by atoms with Gasteiger partial charge in [-0.3, -0.25) is 0 Å². The Kier molecular flexibility index (Phi) is 4.62. The molecule has 0 unspecified atom stereocenters. The van der Waals surface area contributed by atoms with Gasteiger partial charge in [-0.2, -0.15) is 0 Å². The van der Waals surface area contributed by atoms with Crippen LogP contribution in [0.1, 0.15) is 38.9 Å². The van der Waals surface area contributed by atoms with E-state index in [1.54, 1.807) is 0 Å². The Morgan fingerprint density at radius 1 is 0.478 bits per heavy atom. The summed E-state index contributed by atoms with van der Waals surface area (Å²) in [5.74, 6) is 0. The van der Waals surface area contributed by atoms with Gasteiger partial charge in [0.05, 0.1) is 0 Å². The zero-order valence-corrected chi connectivity index (χ0v) is 14.3. The molecule has 0 fully saturated rings. The first-order valence-corrected chi connectivity index (χ1v) is 8.29. The van der Waals surface area contributed by atoms with Gasteiger partial charge in [0.15, 0.2) is 0 Å². The summed E-state index contributed by atoms with van der Waals surface area (Å²) in [4.78, 5) is 0. The molecule has 23 heavy (non-hydrogen) atoms. The summed E-state index contributed by atoms with van der Waals surface area (Å²) >= 11 is 0. The molecular formula is C23H24. The van der Waals surface area contributed by atoms with Crippen molar-refractivity contribution >= 4 is 0 Å². The summed E-state index contributed by atoms with van der Waals surface area (Å²) in [6.45, 7) is 6.51. The minimum atomic E-state index is 1.00. The second-order valence-corrected chi connectivity index (χ2v) is 6.66. The third-order valence-corrected chi connectivity index (χ3v) is 4.18. The van der Waals surface area contributed by atoms with Crippen LogP contribution in [-0.4, -0.2) is 0 Å². The van der Waals surface area contributed by atoms with Crippen LogP contribution in [0.5, 0.6) is 0 Å². The molecule has 0 saturated heterocycles. The molecule has 0 radical (unpaired) electrons. The third-order valence-electron chi connectivity index (χ3n) is 4.18. The maximum Gasteiger partial charge on any atom is -0.00255 e. The van der Waals surface area contributed by atoms with E-state index in [4.69, 9.17) is 0 Å². The molecule has 0 aliphatic carbocycles. The molecule has 0 aromatic heterocycles. The van der Waals surface area contributed by atoms with Gasteiger partial charge in [-0.05, 0) is 55.9 Å². The summed E-state index contributed by atoms with van der Waals surface area (Å²) in [5, 5.41) is 0. The minimum Gasteiger partial charge on any atom is -0.0617 e. The number of hydrogen-bond acceptors (Lipinski definition) is 0. The summed E-state index contributed by atoms with van der Waals surface area (Å²) in [7, 11) is 0. The van der Waals surface area contributed by atoms with E-state index >= 15 is 0 Å². The van der Waals surface area contributed by atoms with Crippen LogP contribution >= 0.6 is 0 Å². The molecule has 0 aliphatic heterocycles. The normalized spacial score (nSPS) is 10.7. The predicted molar refractivity (Wildman–Crippen MR) is 99.1 cm³/mol. The summed E-state index contributed by atoms with van der Waals surface area (Å²) < 4.78 is 0. The van der Waals surface area contributed by atoms with Crippen LogP contribution in [0.4, 0.5) is 0 Å². The van der Waals surface area contributed by atoms with E-state index in [1.807, 2.05) is 0 Å². The third kappa shape index (κ3) is 4.32. The molecule has 0 heterocycles. The van der Waals surface area contributed by atoms with Gasteiger partial charge in [0.2, 0.25) is 0 Å². The molecule has 0 saturated carbocycles. The molecule has 0 amide bonds. The first-order chi connectivity index (χ1) is 11.1. The Balaban J connectivity index is 1.84. The number of aryl methyl sites for hydroxylation is 3. The van der Waals surface area contributed by atoms with Crippen LogP contribution in [0, 0.1) is 20.8 Å².